The molecule has 3 amide bonds. The number of hydrogen-bond donors (Lipinski definition) is 1. The van der Waals surface area contributed by atoms with Gasteiger partial charge in [-0.3, -0.25) is 10.1 Å². The zero-order chi connectivity index (χ0) is 14.9. The summed E-state index contributed by atoms with van der Waals surface area (Å²) < 4.78 is 5.27. The van der Waals surface area contributed by atoms with Crippen LogP contribution < -0.4 is 10.1 Å². The van der Waals surface area contributed by atoms with Crippen LogP contribution >= 0.6 is 11.6 Å². The maximum atomic E-state index is 12.0. The fraction of sp³-hybridized carbons (Fsp3) is 0.429. The molecule has 1 fully saturated rings. The van der Waals surface area contributed by atoms with Crippen LogP contribution in [0.25, 0.3) is 0 Å². The fourth-order valence-corrected chi connectivity index (χ4v) is 2.48. The number of carbonyl (C=O) groups is 2. The summed E-state index contributed by atoms with van der Waals surface area (Å²) in [6.45, 7) is 3.90. The second-order valence-electron chi connectivity index (χ2n) is 4.93. The highest BCUT2D eigenvalue weighted by Gasteiger charge is 2.47. The molecule has 1 N–H and O–H groups in total. The second-order valence-corrected chi connectivity index (χ2v) is 5.37. The molecule has 1 heterocycles. The molecule has 1 aliphatic heterocycles. The molecule has 1 aromatic carbocycles. The predicted molar refractivity (Wildman–Crippen MR) is 75.8 cm³/mol. The number of benzene rings is 1. The smallest absolute Gasteiger partial charge is 0.325 e. The number of imide groups is 1. The van der Waals surface area contributed by atoms with Gasteiger partial charge in [0.05, 0.1) is 13.7 Å². The van der Waals surface area contributed by atoms with Crippen LogP contribution in [-0.2, 0) is 11.3 Å². The Morgan fingerprint density at radius 1 is 1.40 bits per heavy atom. The molecule has 2 rings (SSSR count). The molecule has 0 bridgehead atoms. The summed E-state index contributed by atoms with van der Waals surface area (Å²) in [6.07, 6.45) is 0.535. The molecule has 1 saturated heterocycles. The average molecular weight is 297 g/mol. The number of rotatable bonds is 4. The summed E-state index contributed by atoms with van der Waals surface area (Å²) >= 11 is 5.99. The van der Waals surface area contributed by atoms with E-state index in [1.54, 1.807) is 32.2 Å². The third kappa shape index (κ3) is 2.33. The SMILES string of the molecule is CCC1(C)C(=O)NC(=O)N1Cc1cc(Cl)ccc1OC. The minimum absolute atomic E-state index is 0.269. The lowest BCUT2D eigenvalue weighted by atomic mass is 9.97. The quantitative estimate of drug-likeness (QED) is 0.869. The largest absolute Gasteiger partial charge is 0.496 e. The van der Waals surface area contributed by atoms with Gasteiger partial charge in [0.25, 0.3) is 5.91 Å². The van der Waals surface area contributed by atoms with Gasteiger partial charge in [-0.05, 0) is 31.5 Å². The maximum Gasteiger partial charge on any atom is 0.325 e. The van der Waals surface area contributed by atoms with E-state index in [0.717, 1.165) is 5.56 Å². The molecule has 1 unspecified atom stereocenters. The first-order valence-electron chi connectivity index (χ1n) is 6.38. The molecular weight excluding hydrogens is 280 g/mol. The van der Waals surface area contributed by atoms with E-state index in [1.165, 1.54) is 4.90 Å². The average Bonchev–Trinajstić information content (AvgIpc) is 2.63. The van der Waals surface area contributed by atoms with Crippen molar-refractivity contribution < 1.29 is 14.3 Å². The zero-order valence-electron chi connectivity index (χ0n) is 11.7. The topological polar surface area (TPSA) is 58.6 Å². The minimum Gasteiger partial charge on any atom is -0.496 e. The van der Waals surface area contributed by atoms with Gasteiger partial charge in [-0.2, -0.15) is 0 Å². The predicted octanol–water partition coefficient (Wildman–Crippen LogP) is 2.57. The standard InChI is InChI=1S/C14H17ClN2O3/c1-4-14(2)12(18)16-13(19)17(14)8-9-7-10(15)5-6-11(9)20-3/h5-7H,4,8H2,1-3H3,(H,16,18,19). The van der Waals surface area contributed by atoms with Gasteiger partial charge in [-0.1, -0.05) is 18.5 Å². The van der Waals surface area contributed by atoms with Crippen molar-refractivity contribution in [1.29, 1.82) is 0 Å². The van der Waals surface area contributed by atoms with Crippen LogP contribution in [0, 0.1) is 0 Å². The van der Waals surface area contributed by atoms with Gasteiger partial charge in [0, 0.05) is 10.6 Å². The summed E-state index contributed by atoms with van der Waals surface area (Å²) in [4.78, 5) is 25.4. The van der Waals surface area contributed by atoms with E-state index in [0.29, 0.717) is 17.2 Å². The highest BCUT2D eigenvalue weighted by molar-refractivity contribution is 6.30. The molecule has 1 aromatic rings. The van der Waals surface area contributed by atoms with Crippen molar-refractivity contribution in [2.45, 2.75) is 32.4 Å². The Morgan fingerprint density at radius 2 is 2.10 bits per heavy atom. The normalized spacial score (nSPS) is 22.1. The third-order valence-electron chi connectivity index (χ3n) is 3.81. The first kappa shape index (κ1) is 14.7. The van der Waals surface area contributed by atoms with Gasteiger partial charge < -0.3 is 9.64 Å². The molecule has 0 aliphatic carbocycles. The van der Waals surface area contributed by atoms with Gasteiger partial charge in [-0.15, -0.1) is 0 Å². The van der Waals surface area contributed by atoms with E-state index in [9.17, 15) is 9.59 Å². The third-order valence-corrected chi connectivity index (χ3v) is 4.04. The fourth-order valence-electron chi connectivity index (χ4n) is 2.28. The first-order chi connectivity index (χ1) is 9.42. The molecular formula is C14H17ClN2O3. The van der Waals surface area contributed by atoms with Crippen molar-refractivity contribution in [1.82, 2.24) is 10.2 Å². The number of urea groups is 1. The number of ether oxygens (including phenoxy) is 1. The molecule has 0 saturated carbocycles. The Kier molecular flexibility index (Phi) is 3.90. The zero-order valence-corrected chi connectivity index (χ0v) is 12.5. The van der Waals surface area contributed by atoms with Crippen LogP contribution in [0.3, 0.4) is 0 Å². The summed E-state index contributed by atoms with van der Waals surface area (Å²) in [5.41, 5.74) is -0.0748. The van der Waals surface area contributed by atoms with Crippen LogP contribution in [0.1, 0.15) is 25.8 Å². The number of carbonyl (C=O) groups excluding carboxylic acids is 2. The molecule has 1 aliphatic rings. The van der Waals surface area contributed by atoms with Gasteiger partial charge in [0.2, 0.25) is 0 Å². The van der Waals surface area contributed by atoms with Crippen molar-refractivity contribution >= 4 is 23.5 Å². The molecule has 6 heteroatoms. The molecule has 5 nitrogen and oxygen atoms in total. The summed E-state index contributed by atoms with van der Waals surface area (Å²) in [5.74, 6) is 0.367. The van der Waals surface area contributed by atoms with E-state index in [1.807, 2.05) is 6.92 Å². The van der Waals surface area contributed by atoms with Gasteiger partial charge in [0.15, 0.2) is 0 Å². The number of hydrogen-bond acceptors (Lipinski definition) is 3. The number of amides is 3. The van der Waals surface area contributed by atoms with Gasteiger partial charge in [-0.25, -0.2) is 4.79 Å². The Balaban J connectivity index is 2.36. The van der Waals surface area contributed by atoms with Crippen LogP contribution in [0.2, 0.25) is 5.02 Å². The lowest BCUT2D eigenvalue weighted by Gasteiger charge is -2.31. The van der Waals surface area contributed by atoms with Crippen molar-refractivity contribution in [2.24, 2.45) is 0 Å². The molecule has 108 valence electrons. The number of nitrogens with one attached hydrogen (secondary N) is 1. The number of halogens is 1. The number of methoxy groups -OCH3 is 1. The van der Waals surface area contributed by atoms with E-state index < -0.39 is 5.54 Å². The Morgan fingerprint density at radius 3 is 2.70 bits per heavy atom. The highest BCUT2D eigenvalue weighted by atomic mass is 35.5. The Labute approximate surface area is 122 Å². The summed E-state index contributed by atoms with van der Waals surface area (Å²) in [7, 11) is 1.56. The van der Waals surface area contributed by atoms with Crippen LogP contribution in [-0.4, -0.2) is 29.5 Å². The molecule has 20 heavy (non-hydrogen) atoms. The van der Waals surface area contributed by atoms with E-state index in [2.05, 4.69) is 5.32 Å². The molecule has 1 atom stereocenters. The van der Waals surface area contributed by atoms with Crippen molar-refractivity contribution in [3.8, 4) is 5.75 Å². The van der Waals surface area contributed by atoms with Crippen molar-refractivity contribution in [2.75, 3.05) is 7.11 Å². The van der Waals surface area contributed by atoms with Crippen molar-refractivity contribution in [3.63, 3.8) is 0 Å². The lowest BCUT2D eigenvalue weighted by Crippen LogP contribution is -2.46. The monoisotopic (exact) mass is 296 g/mol. The number of nitrogens with zero attached hydrogens (tertiary/aromatic N) is 1. The second kappa shape index (κ2) is 5.32. The summed E-state index contributed by atoms with van der Waals surface area (Å²) in [5, 5.41) is 2.92. The van der Waals surface area contributed by atoms with E-state index >= 15 is 0 Å². The molecule has 0 spiro atoms. The maximum absolute atomic E-state index is 12.0. The molecule has 0 aromatic heterocycles. The van der Waals surface area contributed by atoms with Crippen LogP contribution in [0.4, 0.5) is 4.79 Å². The Bertz CT molecular complexity index is 561. The van der Waals surface area contributed by atoms with Gasteiger partial charge >= 0.3 is 6.03 Å². The minimum atomic E-state index is -0.843. The van der Waals surface area contributed by atoms with E-state index in [-0.39, 0.29) is 18.5 Å². The highest BCUT2D eigenvalue weighted by Crippen LogP contribution is 2.31. The van der Waals surface area contributed by atoms with E-state index in [4.69, 9.17) is 16.3 Å². The lowest BCUT2D eigenvalue weighted by molar-refractivity contribution is -0.126. The first-order valence-corrected chi connectivity index (χ1v) is 6.75. The Hall–Kier alpha value is -1.75. The summed E-state index contributed by atoms with van der Waals surface area (Å²) in [6, 6.07) is 4.82. The molecule has 0 radical (unpaired) electrons. The van der Waals surface area contributed by atoms with Crippen LogP contribution in [0.15, 0.2) is 18.2 Å². The van der Waals surface area contributed by atoms with Crippen molar-refractivity contribution in [3.05, 3.63) is 28.8 Å². The van der Waals surface area contributed by atoms with Crippen LogP contribution in [0.5, 0.6) is 5.75 Å². The van der Waals surface area contributed by atoms with Gasteiger partial charge in [0.1, 0.15) is 11.3 Å².